The number of nitrogens with zero attached hydrogens (tertiary/aromatic N) is 5. The molecule has 1 aliphatic rings. The Morgan fingerprint density at radius 2 is 2.00 bits per heavy atom. The maximum atomic E-state index is 12.4. The molecular weight excluding hydrogens is 356 g/mol. The maximum Gasteiger partial charge on any atom is 0.273 e. The molecule has 0 radical (unpaired) electrons. The van der Waals surface area contributed by atoms with Gasteiger partial charge in [-0.3, -0.25) is 9.69 Å². The topological polar surface area (TPSA) is 78.9 Å². The lowest BCUT2D eigenvalue weighted by molar-refractivity contribution is 0.0940. The van der Waals surface area contributed by atoms with E-state index in [0.717, 1.165) is 55.5 Å². The lowest BCUT2D eigenvalue weighted by Crippen LogP contribution is -2.45. The average Bonchev–Trinajstić information content (AvgIpc) is 3.34. The summed E-state index contributed by atoms with van der Waals surface area (Å²) >= 11 is 0. The highest BCUT2D eigenvalue weighted by atomic mass is 16.5. The number of rotatable bonds is 6. The number of carbonyl (C=O) groups is 1. The number of nitrogens with one attached hydrogen (secondary N) is 1. The van der Waals surface area contributed by atoms with Crippen molar-refractivity contribution in [2.75, 3.05) is 32.7 Å². The van der Waals surface area contributed by atoms with Gasteiger partial charge in [0.15, 0.2) is 11.5 Å². The number of likely N-dealkylation sites (N-methyl/N-ethyl adjacent to an activating group) is 1. The lowest BCUT2D eigenvalue weighted by atomic mass is 10.3. The van der Waals surface area contributed by atoms with Crippen molar-refractivity contribution in [3.05, 3.63) is 53.3 Å². The van der Waals surface area contributed by atoms with Crippen LogP contribution in [0.2, 0.25) is 0 Å². The van der Waals surface area contributed by atoms with Gasteiger partial charge in [-0.2, -0.15) is 0 Å². The summed E-state index contributed by atoms with van der Waals surface area (Å²) in [4.78, 5) is 21.7. The Morgan fingerprint density at radius 3 is 2.75 bits per heavy atom. The molecular formula is C20H26N6O2. The summed E-state index contributed by atoms with van der Waals surface area (Å²) in [5.41, 5.74) is 3.09. The summed E-state index contributed by atoms with van der Waals surface area (Å²) in [5, 5.41) is 6.80. The first-order valence-corrected chi connectivity index (χ1v) is 9.74. The smallest absolute Gasteiger partial charge is 0.273 e. The molecule has 1 aliphatic heterocycles. The van der Waals surface area contributed by atoms with Gasteiger partial charge in [0.25, 0.3) is 5.91 Å². The van der Waals surface area contributed by atoms with Crippen LogP contribution in [-0.2, 0) is 13.1 Å². The minimum Gasteiger partial charge on any atom is -0.359 e. The number of carbonyl (C=O) groups excluding carboxylic acids is 1. The maximum absolute atomic E-state index is 12.4. The Labute approximate surface area is 164 Å². The first kappa shape index (κ1) is 18.6. The molecule has 3 aromatic heterocycles. The van der Waals surface area contributed by atoms with E-state index < -0.39 is 0 Å². The molecule has 4 rings (SSSR count). The van der Waals surface area contributed by atoms with E-state index in [1.54, 1.807) is 6.07 Å². The number of hydrogen-bond acceptors (Lipinski definition) is 6. The summed E-state index contributed by atoms with van der Waals surface area (Å²) in [6, 6.07) is 7.67. The largest absolute Gasteiger partial charge is 0.359 e. The molecule has 3 aromatic rings. The van der Waals surface area contributed by atoms with Crippen molar-refractivity contribution in [3.8, 4) is 0 Å². The molecule has 0 saturated carbocycles. The van der Waals surface area contributed by atoms with E-state index in [9.17, 15) is 4.79 Å². The first-order chi connectivity index (χ1) is 13.6. The van der Waals surface area contributed by atoms with Crippen LogP contribution in [0.25, 0.3) is 5.65 Å². The third kappa shape index (κ3) is 4.07. The minimum atomic E-state index is -0.250. The summed E-state index contributed by atoms with van der Waals surface area (Å²) < 4.78 is 7.38. The normalized spacial score (nSPS) is 15.9. The van der Waals surface area contributed by atoms with Gasteiger partial charge in [-0.15, -0.1) is 0 Å². The number of fused-ring (bicyclic) bond motifs is 1. The molecule has 0 unspecified atom stereocenters. The number of pyridine rings is 1. The summed E-state index contributed by atoms with van der Waals surface area (Å²) in [7, 11) is 0. The fraction of sp³-hybridized carbons (Fsp3) is 0.450. The van der Waals surface area contributed by atoms with Crippen LogP contribution >= 0.6 is 0 Å². The van der Waals surface area contributed by atoms with Crippen molar-refractivity contribution in [1.82, 2.24) is 29.7 Å². The molecule has 0 spiro atoms. The van der Waals surface area contributed by atoms with Gasteiger partial charge >= 0.3 is 0 Å². The van der Waals surface area contributed by atoms with E-state index in [1.807, 2.05) is 35.7 Å². The molecule has 0 aromatic carbocycles. The van der Waals surface area contributed by atoms with Gasteiger partial charge in [-0.25, -0.2) is 4.98 Å². The van der Waals surface area contributed by atoms with Gasteiger partial charge in [0, 0.05) is 44.1 Å². The highest BCUT2D eigenvalue weighted by Gasteiger charge is 2.19. The first-order valence-electron chi connectivity index (χ1n) is 9.74. The van der Waals surface area contributed by atoms with Crippen LogP contribution in [0.15, 0.2) is 35.0 Å². The van der Waals surface area contributed by atoms with Gasteiger partial charge < -0.3 is 19.1 Å². The van der Waals surface area contributed by atoms with E-state index in [2.05, 4.69) is 32.2 Å². The monoisotopic (exact) mass is 382 g/mol. The molecule has 8 nitrogen and oxygen atoms in total. The molecule has 0 aliphatic carbocycles. The Bertz CT molecular complexity index is 955. The Hall–Kier alpha value is -2.71. The average molecular weight is 382 g/mol. The minimum absolute atomic E-state index is 0.250. The third-order valence-corrected chi connectivity index (χ3v) is 5.26. The fourth-order valence-corrected chi connectivity index (χ4v) is 3.52. The van der Waals surface area contributed by atoms with E-state index in [0.29, 0.717) is 18.8 Å². The van der Waals surface area contributed by atoms with Crippen molar-refractivity contribution in [3.63, 3.8) is 0 Å². The molecule has 28 heavy (non-hydrogen) atoms. The van der Waals surface area contributed by atoms with Gasteiger partial charge in [0.05, 0.1) is 18.8 Å². The van der Waals surface area contributed by atoms with E-state index in [4.69, 9.17) is 4.52 Å². The SMILES string of the molecule is CCN1CCN(Cc2cc(C(=O)NCc3cn4c(C)cccc4n3)no2)CC1. The number of piperazine rings is 1. The summed E-state index contributed by atoms with van der Waals surface area (Å²) in [6.45, 7) is 10.5. The molecule has 148 valence electrons. The molecule has 0 atom stereocenters. The molecule has 1 N–H and O–H groups in total. The number of amides is 1. The van der Waals surface area contributed by atoms with E-state index in [1.165, 1.54) is 0 Å². The van der Waals surface area contributed by atoms with Gasteiger partial charge in [0.2, 0.25) is 0 Å². The van der Waals surface area contributed by atoms with Gasteiger partial charge in [-0.05, 0) is 25.6 Å². The zero-order valence-electron chi connectivity index (χ0n) is 16.4. The number of aryl methyl sites for hydroxylation is 1. The van der Waals surface area contributed by atoms with Crippen LogP contribution in [0, 0.1) is 6.92 Å². The van der Waals surface area contributed by atoms with Crippen molar-refractivity contribution in [1.29, 1.82) is 0 Å². The van der Waals surface area contributed by atoms with E-state index in [-0.39, 0.29) is 5.91 Å². The van der Waals surface area contributed by atoms with Crippen LogP contribution in [0.5, 0.6) is 0 Å². The van der Waals surface area contributed by atoms with Crippen LogP contribution in [0.4, 0.5) is 0 Å². The number of aromatic nitrogens is 3. The van der Waals surface area contributed by atoms with Gasteiger partial charge in [0.1, 0.15) is 5.65 Å². The van der Waals surface area contributed by atoms with Crippen LogP contribution < -0.4 is 5.32 Å². The second-order valence-electron chi connectivity index (χ2n) is 7.20. The highest BCUT2D eigenvalue weighted by molar-refractivity contribution is 5.92. The Morgan fingerprint density at radius 1 is 1.21 bits per heavy atom. The fourth-order valence-electron chi connectivity index (χ4n) is 3.52. The third-order valence-electron chi connectivity index (χ3n) is 5.26. The molecule has 4 heterocycles. The second kappa shape index (κ2) is 8.12. The Balaban J connectivity index is 1.32. The van der Waals surface area contributed by atoms with Gasteiger partial charge in [-0.1, -0.05) is 18.1 Å². The number of imidazole rings is 1. The molecule has 0 bridgehead atoms. The van der Waals surface area contributed by atoms with Crippen LogP contribution in [0.1, 0.15) is 34.6 Å². The Kier molecular flexibility index (Phi) is 5.40. The van der Waals surface area contributed by atoms with Crippen LogP contribution in [0.3, 0.4) is 0 Å². The number of hydrogen-bond donors (Lipinski definition) is 1. The predicted molar refractivity (Wildman–Crippen MR) is 105 cm³/mol. The van der Waals surface area contributed by atoms with Crippen molar-refractivity contribution >= 4 is 11.6 Å². The second-order valence-corrected chi connectivity index (χ2v) is 7.20. The summed E-state index contributed by atoms with van der Waals surface area (Å²) in [5.74, 6) is 0.470. The van der Waals surface area contributed by atoms with Crippen molar-refractivity contribution in [2.24, 2.45) is 0 Å². The molecule has 1 fully saturated rings. The molecule has 8 heteroatoms. The standard InChI is InChI=1S/C20H26N6O2/c1-3-24-7-9-25(10-8-24)14-17-11-18(23-28-17)20(27)21-12-16-13-26-15(2)5-4-6-19(26)22-16/h4-6,11,13H,3,7-10,12,14H2,1-2H3,(H,21,27). The molecule has 1 amide bonds. The quantitative estimate of drug-likeness (QED) is 0.699. The zero-order valence-corrected chi connectivity index (χ0v) is 16.4. The van der Waals surface area contributed by atoms with Crippen molar-refractivity contribution in [2.45, 2.75) is 26.9 Å². The predicted octanol–water partition coefficient (Wildman–Crippen LogP) is 1.70. The van der Waals surface area contributed by atoms with Crippen LogP contribution in [-0.4, -0.2) is 63.0 Å². The lowest BCUT2D eigenvalue weighted by Gasteiger charge is -2.33. The highest BCUT2D eigenvalue weighted by Crippen LogP contribution is 2.11. The van der Waals surface area contributed by atoms with Crippen molar-refractivity contribution < 1.29 is 9.32 Å². The van der Waals surface area contributed by atoms with E-state index >= 15 is 0 Å². The summed E-state index contributed by atoms with van der Waals surface area (Å²) in [6.07, 6.45) is 1.94. The molecule has 1 saturated heterocycles. The zero-order chi connectivity index (χ0) is 19.5.